The van der Waals surface area contributed by atoms with E-state index in [2.05, 4.69) is 26.6 Å². The predicted molar refractivity (Wildman–Crippen MR) is 156 cm³/mol. The minimum absolute atomic E-state index is 0.0776. The lowest BCUT2D eigenvalue weighted by Crippen LogP contribution is -2.55. The van der Waals surface area contributed by atoms with Gasteiger partial charge >= 0.3 is 6.09 Å². The largest absolute Gasteiger partial charge is 0.489 e. The Kier molecular flexibility index (Phi) is 9.18. The summed E-state index contributed by atoms with van der Waals surface area (Å²) in [5.74, 6) is -0.00717. The fraction of sp³-hybridized carbons (Fsp3) is 0.667. The lowest BCUT2D eigenvalue weighted by molar-refractivity contribution is -0.158. The molecule has 0 bridgehead atoms. The molecule has 0 spiro atoms. The first-order valence-electron chi connectivity index (χ1n) is 14.6. The fourth-order valence-electron chi connectivity index (χ4n) is 5.47. The van der Waals surface area contributed by atoms with Gasteiger partial charge in [-0.1, -0.05) is 26.6 Å². The quantitative estimate of drug-likeness (QED) is 0.251. The Balaban J connectivity index is 1.39. The van der Waals surface area contributed by atoms with Crippen LogP contribution in [0.4, 0.5) is 4.79 Å². The van der Waals surface area contributed by atoms with Crippen molar-refractivity contribution >= 4 is 31.9 Å². The van der Waals surface area contributed by atoms with E-state index in [-0.39, 0.29) is 55.5 Å². The van der Waals surface area contributed by atoms with Gasteiger partial charge in [0.2, 0.25) is 5.91 Å². The van der Waals surface area contributed by atoms with E-state index in [0.717, 1.165) is 22.9 Å². The molecular weight excluding hydrogens is 542 g/mol. The van der Waals surface area contributed by atoms with Crippen molar-refractivity contribution in [3.63, 3.8) is 0 Å². The van der Waals surface area contributed by atoms with Gasteiger partial charge in [0.25, 0.3) is 11.8 Å². The molecule has 3 aliphatic rings. The molecule has 11 heteroatoms. The Morgan fingerprint density at radius 1 is 1.10 bits per heavy atom. The summed E-state index contributed by atoms with van der Waals surface area (Å²) in [5.41, 5.74) is 0.743. The van der Waals surface area contributed by atoms with E-state index in [0.29, 0.717) is 37.4 Å². The first kappa shape index (κ1) is 31.0. The summed E-state index contributed by atoms with van der Waals surface area (Å²) in [6, 6.07) is 5.58. The van der Waals surface area contributed by atoms with Crippen LogP contribution in [0.15, 0.2) is 18.2 Å². The Hall–Kier alpha value is -2.92. The van der Waals surface area contributed by atoms with Gasteiger partial charge in [-0.25, -0.2) is 4.79 Å². The molecule has 41 heavy (non-hydrogen) atoms. The molecule has 0 aliphatic carbocycles. The number of amides is 4. The molecule has 3 atom stereocenters. The van der Waals surface area contributed by atoms with Crippen molar-refractivity contribution < 1.29 is 33.4 Å². The highest BCUT2D eigenvalue weighted by molar-refractivity contribution is 6.76. The van der Waals surface area contributed by atoms with Crippen LogP contribution in [0.1, 0.15) is 62.9 Å². The van der Waals surface area contributed by atoms with Gasteiger partial charge in [0, 0.05) is 39.8 Å². The maximum absolute atomic E-state index is 13.3. The van der Waals surface area contributed by atoms with Crippen LogP contribution in [0.5, 0.6) is 5.75 Å². The molecule has 3 heterocycles. The van der Waals surface area contributed by atoms with Crippen LogP contribution >= 0.6 is 0 Å². The van der Waals surface area contributed by atoms with Gasteiger partial charge in [-0.05, 0) is 69.3 Å². The molecule has 0 aromatic heterocycles. The number of hydrogen-bond acceptors (Lipinski definition) is 7. The average Bonchev–Trinajstić information content (AvgIpc) is 3.16. The number of benzene rings is 1. The van der Waals surface area contributed by atoms with E-state index >= 15 is 0 Å². The van der Waals surface area contributed by atoms with Gasteiger partial charge in [-0.2, -0.15) is 0 Å². The first-order chi connectivity index (χ1) is 19.1. The minimum Gasteiger partial charge on any atom is -0.489 e. The molecule has 3 aliphatic heterocycles. The van der Waals surface area contributed by atoms with Crippen molar-refractivity contribution in [2.45, 2.75) is 96.9 Å². The van der Waals surface area contributed by atoms with E-state index in [1.165, 1.54) is 0 Å². The van der Waals surface area contributed by atoms with Crippen LogP contribution < -0.4 is 4.74 Å². The molecule has 0 unspecified atom stereocenters. The number of nitrogens with zero attached hydrogens (tertiary/aromatic N) is 3. The molecular formula is C30H45N3O7Si. The van der Waals surface area contributed by atoms with Gasteiger partial charge in [0.1, 0.15) is 30.2 Å². The highest BCUT2D eigenvalue weighted by Gasteiger charge is 2.43. The zero-order chi connectivity index (χ0) is 30.1. The van der Waals surface area contributed by atoms with Crippen molar-refractivity contribution in [3.8, 4) is 5.75 Å². The third-order valence-electron chi connectivity index (χ3n) is 7.56. The van der Waals surface area contributed by atoms with Gasteiger partial charge in [-0.3, -0.25) is 19.3 Å². The topological polar surface area (TPSA) is 106 Å². The van der Waals surface area contributed by atoms with E-state index in [1.807, 2.05) is 26.8 Å². The first-order valence-corrected chi connectivity index (χ1v) is 18.3. The number of rotatable bonds is 8. The van der Waals surface area contributed by atoms with E-state index in [1.54, 1.807) is 21.9 Å². The van der Waals surface area contributed by atoms with Crippen molar-refractivity contribution in [1.29, 1.82) is 0 Å². The number of carbonyl (C=O) groups is 4. The highest BCUT2D eigenvalue weighted by Crippen LogP contribution is 2.32. The molecule has 0 radical (unpaired) electrons. The number of ether oxygens (including phenoxy) is 3. The highest BCUT2D eigenvalue weighted by atomic mass is 28.3. The standard InChI is InChI=1S/C30H45N3O7Si/c1-20-14-23(18-31(16-20)29(37)40-30(2,3)4)39-22-8-9-24-21(15-22)17-32(27(24)35)25-10-11-26(34)33(28(25)36)19-38-12-13-41(5,6)7/h8-9,15,20,23,25H,10-14,16-19H2,1-7H3/t20-,23-,25-/m1/s1. The fourth-order valence-corrected chi connectivity index (χ4v) is 6.23. The van der Waals surface area contributed by atoms with Gasteiger partial charge in [-0.15, -0.1) is 0 Å². The summed E-state index contributed by atoms with van der Waals surface area (Å²) in [7, 11) is -1.30. The van der Waals surface area contributed by atoms with Crippen LogP contribution in [0, 0.1) is 5.92 Å². The zero-order valence-corrected chi connectivity index (χ0v) is 26.5. The summed E-state index contributed by atoms with van der Waals surface area (Å²) in [6.07, 6.45) is 0.724. The van der Waals surface area contributed by atoms with Crippen molar-refractivity contribution in [2.75, 3.05) is 26.4 Å². The Morgan fingerprint density at radius 3 is 2.51 bits per heavy atom. The summed E-state index contributed by atoms with van der Waals surface area (Å²) in [5, 5.41) is 0. The number of imide groups is 1. The number of carbonyl (C=O) groups excluding carboxylic acids is 4. The summed E-state index contributed by atoms with van der Waals surface area (Å²) < 4.78 is 17.6. The Labute approximate surface area is 244 Å². The number of hydrogen-bond donors (Lipinski definition) is 0. The molecule has 1 aromatic carbocycles. The summed E-state index contributed by atoms with van der Waals surface area (Å²) in [4.78, 5) is 56.2. The SMILES string of the molecule is C[C@@H]1C[C@@H](Oc2ccc3c(c2)CN([C@@H]2CCC(=O)N(COCC[Si](C)(C)C)C2=O)C3=O)CN(C(=O)OC(C)(C)C)C1. The molecule has 2 fully saturated rings. The third-order valence-corrected chi connectivity index (χ3v) is 9.27. The maximum atomic E-state index is 13.3. The van der Waals surface area contributed by atoms with Crippen LogP contribution in [-0.2, 0) is 25.6 Å². The molecule has 4 amide bonds. The zero-order valence-electron chi connectivity index (χ0n) is 25.5. The van der Waals surface area contributed by atoms with Gasteiger partial charge in [0.05, 0.1) is 6.54 Å². The number of piperidine rings is 2. The predicted octanol–water partition coefficient (Wildman–Crippen LogP) is 4.50. The Morgan fingerprint density at radius 2 is 1.83 bits per heavy atom. The summed E-state index contributed by atoms with van der Waals surface area (Å²) >= 11 is 0. The summed E-state index contributed by atoms with van der Waals surface area (Å²) in [6.45, 7) is 16.1. The molecule has 0 N–H and O–H groups in total. The molecule has 4 rings (SSSR count). The van der Waals surface area contributed by atoms with Crippen LogP contribution in [0.2, 0.25) is 25.7 Å². The molecule has 1 aromatic rings. The van der Waals surface area contributed by atoms with Crippen LogP contribution in [0.3, 0.4) is 0 Å². The van der Waals surface area contributed by atoms with E-state index in [9.17, 15) is 19.2 Å². The average molecular weight is 588 g/mol. The lowest BCUT2D eigenvalue weighted by atomic mass is 9.98. The monoisotopic (exact) mass is 587 g/mol. The Bertz CT molecular complexity index is 1180. The normalized spacial score (nSPS) is 23.6. The molecule has 0 saturated carbocycles. The molecule has 226 valence electrons. The van der Waals surface area contributed by atoms with Crippen LogP contribution in [-0.4, -0.2) is 90.8 Å². The molecule has 10 nitrogen and oxygen atoms in total. The van der Waals surface area contributed by atoms with Crippen molar-refractivity contribution in [1.82, 2.24) is 14.7 Å². The van der Waals surface area contributed by atoms with E-state index in [4.69, 9.17) is 14.2 Å². The van der Waals surface area contributed by atoms with E-state index < -0.39 is 19.7 Å². The second-order valence-corrected chi connectivity index (χ2v) is 19.4. The van der Waals surface area contributed by atoms with Crippen LogP contribution in [0.25, 0.3) is 0 Å². The van der Waals surface area contributed by atoms with Gasteiger partial charge < -0.3 is 24.0 Å². The smallest absolute Gasteiger partial charge is 0.410 e. The molecule has 2 saturated heterocycles. The lowest BCUT2D eigenvalue weighted by Gasteiger charge is -2.37. The van der Waals surface area contributed by atoms with Gasteiger partial charge in [0.15, 0.2) is 0 Å². The third kappa shape index (κ3) is 7.88. The minimum atomic E-state index is -1.30. The number of fused-ring (bicyclic) bond motifs is 1. The second kappa shape index (κ2) is 12.1. The number of likely N-dealkylation sites (tertiary alicyclic amines) is 2. The maximum Gasteiger partial charge on any atom is 0.410 e. The van der Waals surface area contributed by atoms with Crippen molar-refractivity contribution in [3.05, 3.63) is 29.3 Å². The van der Waals surface area contributed by atoms with Crippen molar-refractivity contribution in [2.24, 2.45) is 5.92 Å². The second-order valence-electron chi connectivity index (χ2n) is 13.8.